The van der Waals surface area contributed by atoms with Crippen LogP contribution in [-0.4, -0.2) is 43.2 Å². The van der Waals surface area contributed by atoms with Crippen LogP contribution in [0, 0.1) is 0 Å². The molecule has 0 saturated heterocycles. The number of halogens is 1. The number of para-hydroxylation sites is 1. The molecule has 2 aromatic carbocycles. The van der Waals surface area contributed by atoms with Crippen molar-refractivity contribution in [2.45, 2.75) is 23.1 Å². The van der Waals surface area contributed by atoms with Gasteiger partial charge in [-0.1, -0.05) is 23.7 Å². The average Bonchev–Trinajstić information content (AvgIpc) is 2.68. The molecule has 0 bridgehead atoms. The number of nitrogens with one attached hydrogen (secondary N) is 1. The average molecular weight is 421 g/mol. The molecular weight excluding hydrogens is 400 g/mol. The van der Waals surface area contributed by atoms with Crippen molar-refractivity contribution in [2.75, 3.05) is 26.6 Å². The molecule has 0 aromatic heterocycles. The zero-order valence-corrected chi connectivity index (χ0v) is 17.4. The molecule has 28 heavy (non-hydrogen) atoms. The van der Waals surface area contributed by atoms with Crippen LogP contribution < -0.4 is 14.8 Å². The van der Waals surface area contributed by atoms with Crippen molar-refractivity contribution in [1.29, 1.82) is 0 Å². The Balaban J connectivity index is 1.68. The summed E-state index contributed by atoms with van der Waals surface area (Å²) in [5.74, 6) is 0.883. The minimum Gasteiger partial charge on any atom is -0.493 e. The lowest BCUT2D eigenvalue weighted by molar-refractivity contribution is -0.131. The molecule has 1 unspecified atom stereocenters. The van der Waals surface area contributed by atoms with Gasteiger partial charge in [-0.25, -0.2) is 0 Å². The van der Waals surface area contributed by atoms with Crippen molar-refractivity contribution in [2.24, 2.45) is 0 Å². The van der Waals surface area contributed by atoms with E-state index in [1.165, 1.54) is 11.8 Å². The van der Waals surface area contributed by atoms with Gasteiger partial charge in [-0.2, -0.15) is 0 Å². The maximum Gasteiger partial charge on any atom is 0.238 e. The van der Waals surface area contributed by atoms with E-state index >= 15 is 0 Å². The highest BCUT2D eigenvalue weighted by Crippen LogP contribution is 2.38. The summed E-state index contributed by atoms with van der Waals surface area (Å²) in [5.41, 5.74) is 1.51. The number of fused-ring (bicyclic) bond motifs is 1. The number of nitrogens with zero attached hydrogens (tertiary/aromatic N) is 1. The second-order valence-corrected chi connectivity index (χ2v) is 8.02. The summed E-state index contributed by atoms with van der Waals surface area (Å²) in [6.45, 7) is 0.352. The Morgan fingerprint density at radius 3 is 2.75 bits per heavy atom. The molecule has 3 rings (SSSR count). The number of ether oxygens (including phenoxy) is 2. The van der Waals surface area contributed by atoms with Gasteiger partial charge in [0.25, 0.3) is 0 Å². The molecule has 1 atom stereocenters. The molecule has 1 aliphatic heterocycles. The first-order valence-electron chi connectivity index (χ1n) is 8.63. The zero-order valence-electron chi connectivity index (χ0n) is 15.8. The normalized spacial score (nSPS) is 15.4. The number of hydrogen-bond acceptors (Lipinski definition) is 5. The molecule has 6 nitrogen and oxygen atoms in total. The number of thioether (sulfide) groups is 1. The Morgan fingerprint density at radius 2 is 2.04 bits per heavy atom. The first-order chi connectivity index (χ1) is 13.4. The summed E-state index contributed by atoms with van der Waals surface area (Å²) in [4.78, 5) is 27.6. The van der Waals surface area contributed by atoms with Crippen molar-refractivity contribution in [3.8, 4) is 11.5 Å². The zero-order chi connectivity index (χ0) is 20.3. The molecule has 1 N–H and O–H groups in total. The highest BCUT2D eigenvalue weighted by molar-refractivity contribution is 8.01. The van der Waals surface area contributed by atoms with Crippen molar-refractivity contribution in [3.05, 3.63) is 47.0 Å². The Morgan fingerprint density at radius 1 is 1.25 bits per heavy atom. The molecule has 0 fully saturated rings. The van der Waals surface area contributed by atoms with E-state index in [2.05, 4.69) is 5.32 Å². The largest absolute Gasteiger partial charge is 0.493 e. The van der Waals surface area contributed by atoms with Crippen LogP contribution >= 0.6 is 23.4 Å². The van der Waals surface area contributed by atoms with Crippen LogP contribution in [0.1, 0.15) is 12.0 Å². The fraction of sp³-hybridized carbons (Fsp3) is 0.300. The Bertz CT molecular complexity index is 906. The van der Waals surface area contributed by atoms with Gasteiger partial charge in [0.1, 0.15) is 0 Å². The maximum atomic E-state index is 12.7. The minimum atomic E-state index is -0.490. The number of rotatable bonds is 6. The topological polar surface area (TPSA) is 67.9 Å². The summed E-state index contributed by atoms with van der Waals surface area (Å²) in [6, 6.07) is 10.9. The fourth-order valence-corrected chi connectivity index (χ4v) is 4.25. The van der Waals surface area contributed by atoms with Crippen molar-refractivity contribution in [3.63, 3.8) is 0 Å². The van der Waals surface area contributed by atoms with Crippen molar-refractivity contribution >= 4 is 40.9 Å². The summed E-state index contributed by atoms with van der Waals surface area (Å²) < 4.78 is 10.7. The molecular formula is C20H21ClN2O4S. The van der Waals surface area contributed by atoms with E-state index in [9.17, 15) is 9.59 Å². The van der Waals surface area contributed by atoms with Gasteiger partial charge in [0, 0.05) is 35.5 Å². The highest BCUT2D eigenvalue weighted by atomic mass is 35.5. The number of carbonyl (C=O) groups is 2. The van der Waals surface area contributed by atoms with Crippen molar-refractivity contribution in [1.82, 2.24) is 4.90 Å². The number of methoxy groups -OCH3 is 2. The summed E-state index contributed by atoms with van der Waals surface area (Å²) in [5, 5.41) is 2.89. The van der Waals surface area contributed by atoms with Gasteiger partial charge in [-0.05, 0) is 24.3 Å². The van der Waals surface area contributed by atoms with Gasteiger partial charge in [-0.3, -0.25) is 9.59 Å². The lowest BCUT2D eigenvalue weighted by Gasteiger charge is -2.26. The van der Waals surface area contributed by atoms with Gasteiger partial charge >= 0.3 is 0 Å². The van der Waals surface area contributed by atoms with Gasteiger partial charge in [-0.15, -0.1) is 11.8 Å². The first kappa shape index (κ1) is 20.4. The van der Waals surface area contributed by atoms with Gasteiger partial charge in [0.2, 0.25) is 11.8 Å². The SMILES string of the molecule is COc1cccc(CN(C)C(=O)CC2Sc3ccc(Cl)cc3NC2=O)c1OC. The highest BCUT2D eigenvalue weighted by Gasteiger charge is 2.30. The maximum absolute atomic E-state index is 12.7. The van der Waals surface area contributed by atoms with Crippen LogP contribution in [0.3, 0.4) is 0 Å². The van der Waals surface area contributed by atoms with Crippen LogP contribution in [0.4, 0.5) is 5.69 Å². The van der Waals surface area contributed by atoms with E-state index in [-0.39, 0.29) is 18.2 Å². The third-order valence-corrected chi connectivity index (χ3v) is 5.95. The number of amides is 2. The van der Waals surface area contributed by atoms with E-state index in [1.54, 1.807) is 44.4 Å². The van der Waals surface area contributed by atoms with E-state index in [1.807, 2.05) is 18.2 Å². The molecule has 1 heterocycles. The third kappa shape index (κ3) is 4.36. The number of hydrogen-bond donors (Lipinski definition) is 1. The van der Waals surface area contributed by atoms with Gasteiger partial charge in [0.15, 0.2) is 11.5 Å². The van der Waals surface area contributed by atoms with E-state index in [0.717, 1.165) is 10.5 Å². The molecule has 0 aliphatic carbocycles. The molecule has 148 valence electrons. The predicted molar refractivity (Wildman–Crippen MR) is 110 cm³/mol. The number of benzene rings is 2. The Labute approximate surface area is 173 Å². The lowest BCUT2D eigenvalue weighted by Crippen LogP contribution is -2.35. The molecule has 2 amide bonds. The van der Waals surface area contributed by atoms with Crippen molar-refractivity contribution < 1.29 is 19.1 Å². The molecule has 2 aromatic rings. The lowest BCUT2D eigenvalue weighted by atomic mass is 10.1. The van der Waals surface area contributed by atoms with Gasteiger partial charge < -0.3 is 19.7 Å². The summed E-state index contributed by atoms with van der Waals surface area (Å²) >= 11 is 7.35. The smallest absolute Gasteiger partial charge is 0.238 e. The minimum absolute atomic E-state index is 0.0986. The fourth-order valence-electron chi connectivity index (χ4n) is 2.99. The van der Waals surface area contributed by atoms with E-state index < -0.39 is 5.25 Å². The molecule has 8 heteroatoms. The number of carbonyl (C=O) groups excluding carboxylic acids is 2. The van der Waals surface area contributed by atoms with Gasteiger partial charge in [0.05, 0.1) is 25.2 Å². The molecule has 1 aliphatic rings. The predicted octanol–water partition coefficient (Wildman–Crippen LogP) is 3.82. The van der Waals surface area contributed by atoms with Crippen LogP contribution in [0.5, 0.6) is 11.5 Å². The van der Waals surface area contributed by atoms with E-state index in [0.29, 0.717) is 28.8 Å². The second kappa shape index (κ2) is 8.75. The molecule has 0 spiro atoms. The second-order valence-electron chi connectivity index (χ2n) is 6.34. The number of anilines is 1. The monoisotopic (exact) mass is 420 g/mol. The Hall–Kier alpha value is -2.38. The Kier molecular flexibility index (Phi) is 6.36. The quantitative estimate of drug-likeness (QED) is 0.769. The summed E-state index contributed by atoms with van der Waals surface area (Å²) in [7, 11) is 4.84. The third-order valence-electron chi connectivity index (χ3n) is 4.44. The van der Waals surface area contributed by atoms with Crippen LogP contribution in [0.15, 0.2) is 41.3 Å². The summed E-state index contributed by atoms with van der Waals surface area (Å²) in [6.07, 6.45) is 0.0986. The standard InChI is InChI=1S/C20H21ClN2O4S/c1-23(11-12-5-4-6-15(26-2)19(12)27-3)18(24)10-17-20(25)22-14-9-13(21)7-8-16(14)28-17/h4-9,17H,10-11H2,1-3H3,(H,22,25). The van der Waals surface area contributed by atoms with Crippen LogP contribution in [-0.2, 0) is 16.1 Å². The molecule has 0 radical (unpaired) electrons. The molecule has 0 saturated carbocycles. The van der Waals surface area contributed by atoms with Crippen LogP contribution in [0.25, 0.3) is 0 Å². The van der Waals surface area contributed by atoms with Crippen LogP contribution in [0.2, 0.25) is 5.02 Å². The first-order valence-corrected chi connectivity index (χ1v) is 9.89. The van der Waals surface area contributed by atoms with E-state index in [4.69, 9.17) is 21.1 Å².